The van der Waals surface area contributed by atoms with E-state index in [9.17, 15) is 4.79 Å². The number of carbonyl (C=O) groups is 1. The summed E-state index contributed by atoms with van der Waals surface area (Å²) in [5.41, 5.74) is 5.53. The molecule has 3 aromatic rings. The van der Waals surface area contributed by atoms with Crippen LogP contribution in [0, 0.1) is 6.92 Å². The second-order valence-corrected chi connectivity index (χ2v) is 9.65. The molecular formula is C26H25NO2S. The highest BCUT2D eigenvalue weighted by Gasteiger charge is 2.47. The number of amides is 1. The van der Waals surface area contributed by atoms with Gasteiger partial charge in [0.1, 0.15) is 5.75 Å². The van der Waals surface area contributed by atoms with E-state index in [-0.39, 0.29) is 10.8 Å². The maximum Gasteiger partial charge on any atom is 0.415 e. The van der Waals surface area contributed by atoms with Gasteiger partial charge in [-0.3, -0.25) is 0 Å². The van der Waals surface area contributed by atoms with Gasteiger partial charge in [0, 0.05) is 17.8 Å². The van der Waals surface area contributed by atoms with Crippen molar-refractivity contribution in [3.8, 4) is 5.75 Å². The monoisotopic (exact) mass is 415 g/mol. The number of aryl methyl sites for hydroxylation is 1. The molecule has 0 saturated carbocycles. The highest BCUT2D eigenvalue weighted by molar-refractivity contribution is 8.01. The normalized spacial score (nSPS) is 19.5. The second-order valence-electron chi connectivity index (χ2n) is 8.16. The predicted molar refractivity (Wildman–Crippen MR) is 122 cm³/mol. The Labute approximate surface area is 182 Å². The Morgan fingerprint density at radius 3 is 2.47 bits per heavy atom. The average Bonchev–Trinajstić information content (AvgIpc) is 3.09. The molecule has 1 unspecified atom stereocenters. The summed E-state index contributed by atoms with van der Waals surface area (Å²) in [6.07, 6.45) is 1.64. The molecule has 2 aliphatic heterocycles. The van der Waals surface area contributed by atoms with Crippen LogP contribution in [-0.2, 0) is 4.75 Å². The molecule has 1 atom stereocenters. The molecule has 3 nitrogen and oxygen atoms in total. The molecule has 5 rings (SSSR count). The fourth-order valence-corrected chi connectivity index (χ4v) is 6.46. The number of hydrogen-bond donors (Lipinski definition) is 0. The van der Waals surface area contributed by atoms with Crippen LogP contribution >= 0.6 is 11.8 Å². The third-order valence-corrected chi connectivity index (χ3v) is 8.04. The van der Waals surface area contributed by atoms with E-state index in [1.54, 1.807) is 0 Å². The van der Waals surface area contributed by atoms with Crippen molar-refractivity contribution in [1.82, 2.24) is 4.90 Å². The highest BCUT2D eigenvalue weighted by atomic mass is 32.2. The molecule has 1 amide bonds. The van der Waals surface area contributed by atoms with Gasteiger partial charge in [0.25, 0.3) is 0 Å². The smallest absolute Gasteiger partial charge is 0.410 e. The molecule has 30 heavy (non-hydrogen) atoms. The Balaban J connectivity index is 1.35. The molecule has 3 aromatic carbocycles. The molecule has 0 aliphatic carbocycles. The summed E-state index contributed by atoms with van der Waals surface area (Å²) in [4.78, 5) is 14.5. The van der Waals surface area contributed by atoms with Crippen LogP contribution in [0.1, 0.15) is 40.3 Å². The summed E-state index contributed by atoms with van der Waals surface area (Å²) in [6.45, 7) is 3.59. The first kappa shape index (κ1) is 19.3. The summed E-state index contributed by atoms with van der Waals surface area (Å²) in [5, 5.41) is 0.351. The Hall–Kier alpha value is -2.72. The Morgan fingerprint density at radius 1 is 0.967 bits per heavy atom. The Bertz CT molecular complexity index is 1060. The fraction of sp³-hybridized carbons (Fsp3) is 0.269. The van der Waals surface area contributed by atoms with Crippen molar-refractivity contribution in [2.75, 3.05) is 13.1 Å². The molecule has 0 bridgehead atoms. The largest absolute Gasteiger partial charge is 0.415 e. The van der Waals surface area contributed by atoms with Gasteiger partial charge < -0.3 is 9.64 Å². The number of benzene rings is 3. The minimum atomic E-state index is -0.248. The molecule has 0 N–H and O–H groups in total. The quantitative estimate of drug-likeness (QED) is 0.490. The third-order valence-electron chi connectivity index (χ3n) is 6.20. The van der Waals surface area contributed by atoms with Gasteiger partial charge in [-0.1, -0.05) is 72.3 Å². The maximum atomic E-state index is 12.6. The van der Waals surface area contributed by atoms with E-state index in [0.29, 0.717) is 24.1 Å². The van der Waals surface area contributed by atoms with Crippen LogP contribution in [0.2, 0.25) is 0 Å². The second kappa shape index (κ2) is 7.84. The van der Waals surface area contributed by atoms with E-state index >= 15 is 0 Å². The summed E-state index contributed by atoms with van der Waals surface area (Å²) >= 11 is 2.06. The van der Waals surface area contributed by atoms with E-state index in [0.717, 1.165) is 12.8 Å². The van der Waals surface area contributed by atoms with Crippen molar-refractivity contribution in [2.24, 2.45) is 0 Å². The van der Waals surface area contributed by atoms with Crippen LogP contribution in [0.5, 0.6) is 5.75 Å². The van der Waals surface area contributed by atoms with E-state index in [4.69, 9.17) is 4.74 Å². The molecule has 2 heterocycles. The third kappa shape index (κ3) is 3.50. The Kier molecular flexibility index (Phi) is 5.03. The molecule has 1 fully saturated rings. The molecule has 2 aliphatic rings. The molecule has 1 spiro atoms. The summed E-state index contributed by atoms with van der Waals surface area (Å²) in [7, 11) is 0. The standard InChI is InChI=1S/C26H25NO2S/c1-19-8-7-9-20(18-19)24-22-12-5-6-13-23(22)26(30-24)14-16-27(17-15-26)25(28)29-21-10-3-2-4-11-21/h2-13,18,24H,14-17H2,1H3. The fourth-order valence-electron chi connectivity index (χ4n) is 4.67. The zero-order valence-electron chi connectivity index (χ0n) is 17.1. The van der Waals surface area contributed by atoms with Crippen molar-refractivity contribution in [2.45, 2.75) is 29.8 Å². The molecular weight excluding hydrogens is 390 g/mol. The van der Waals surface area contributed by atoms with Crippen LogP contribution in [0.3, 0.4) is 0 Å². The maximum absolute atomic E-state index is 12.6. The first-order valence-electron chi connectivity index (χ1n) is 10.5. The van der Waals surface area contributed by atoms with E-state index < -0.39 is 0 Å². The topological polar surface area (TPSA) is 29.5 Å². The predicted octanol–water partition coefficient (Wildman–Crippen LogP) is 6.32. The van der Waals surface area contributed by atoms with Crippen molar-refractivity contribution < 1.29 is 9.53 Å². The molecule has 1 saturated heterocycles. The van der Waals surface area contributed by atoms with Gasteiger partial charge in [-0.15, -0.1) is 11.8 Å². The first-order chi connectivity index (χ1) is 14.6. The van der Waals surface area contributed by atoms with Crippen molar-refractivity contribution >= 4 is 17.9 Å². The summed E-state index contributed by atoms with van der Waals surface area (Å²) in [6, 6.07) is 27.0. The van der Waals surface area contributed by atoms with E-state index in [1.807, 2.05) is 35.2 Å². The number of hydrogen-bond acceptors (Lipinski definition) is 3. The number of fused-ring (bicyclic) bond motifs is 2. The minimum Gasteiger partial charge on any atom is -0.410 e. The van der Waals surface area contributed by atoms with Crippen LogP contribution in [-0.4, -0.2) is 24.1 Å². The van der Waals surface area contributed by atoms with Gasteiger partial charge in [0.15, 0.2) is 0 Å². The number of piperidine rings is 1. The number of rotatable bonds is 2. The molecule has 152 valence electrons. The van der Waals surface area contributed by atoms with Gasteiger partial charge in [-0.25, -0.2) is 4.79 Å². The van der Waals surface area contributed by atoms with Crippen LogP contribution in [0.25, 0.3) is 0 Å². The molecule has 0 radical (unpaired) electrons. The van der Waals surface area contributed by atoms with Crippen molar-refractivity contribution in [3.05, 3.63) is 101 Å². The van der Waals surface area contributed by atoms with E-state index in [2.05, 4.69) is 67.2 Å². The van der Waals surface area contributed by atoms with Gasteiger partial charge in [-0.2, -0.15) is 0 Å². The Morgan fingerprint density at radius 2 is 1.70 bits per heavy atom. The van der Waals surface area contributed by atoms with Crippen LogP contribution in [0.4, 0.5) is 4.79 Å². The van der Waals surface area contributed by atoms with Crippen molar-refractivity contribution in [3.63, 3.8) is 0 Å². The average molecular weight is 416 g/mol. The lowest BCUT2D eigenvalue weighted by Gasteiger charge is -2.39. The highest BCUT2D eigenvalue weighted by Crippen LogP contribution is 2.61. The van der Waals surface area contributed by atoms with Crippen LogP contribution in [0.15, 0.2) is 78.9 Å². The van der Waals surface area contributed by atoms with Crippen LogP contribution < -0.4 is 4.74 Å². The van der Waals surface area contributed by atoms with E-state index in [1.165, 1.54) is 22.3 Å². The summed E-state index contributed by atoms with van der Waals surface area (Å²) in [5.74, 6) is 0.600. The lowest BCUT2D eigenvalue weighted by Crippen LogP contribution is -2.44. The van der Waals surface area contributed by atoms with Crippen molar-refractivity contribution in [1.29, 1.82) is 0 Å². The zero-order valence-corrected chi connectivity index (χ0v) is 17.9. The van der Waals surface area contributed by atoms with Gasteiger partial charge in [0.2, 0.25) is 0 Å². The zero-order chi connectivity index (χ0) is 20.6. The summed E-state index contributed by atoms with van der Waals surface area (Å²) < 4.78 is 5.62. The van der Waals surface area contributed by atoms with Gasteiger partial charge >= 0.3 is 6.09 Å². The number of nitrogens with zero attached hydrogens (tertiary/aromatic N) is 1. The SMILES string of the molecule is Cc1cccc(C2SC3(CCN(C(=O)Oc4ccccc4)CC3)c3ccccc32)c1. The lowest BCUT2D eigenvalue weighted by molar-refractivity contribution is 0.135. The molecule has 0 aromatic heterocycles. The lowest BCUT2D eigenvalue weighted by atomic mass is 9.84. The number of likely N-dealkylation sites (tertiary alicyclic amines) is 1. The number of carbonyl (C=O) groups excluding carboxylic acids is 1. The molecule has 4 heteroatoms. The first-order valence-corrected chi connectivity index (χ1v) is 11.4. The number of ether oxygens (including phenoxy) is 1. The van der Waals surface area contributed by atoms with Gasteiger partial charge in [0.05, 0.1) is 5.25 Å². The minimum absolute atomic E-state index is 0.0640. The number of para-hydroxylation sites is 1. The number of thioether (sulfide) groups is 1. The van der Waals surface area contributed by atoms with Gasteiger partial charge in [-0.05, 0) is 48.6 Å².